The molecule has 2 aromatic rings. The molecule has 0 aromatic heterocycles. The van der Waals surface area contributed by atoms with Gasteiger partial charge in [0, 0.05) is 12.0 Å². The summed E-state index contributed by atoms with van der Waals surface area (Å²) in [6.07, 6.45) is 5.47. The highest BCUT2D eigenvalue weighted by atomic mass is 16.5. The van der Waals surface area contributed by atoms with Gasteiger partial charge in [-0.3, -0.25) is 9.59 Å². The number of ether oxygens (including phenoxy) is 1. The molecule has 0 heterocycles. The number of hydrogen-bond acceptors (Lipinski definition) is 4. The molecule has 1 fully saturated rings. The number of hydrogen-bond donors (Lipinski definition) is 3. The van der Waals surface area contributed by atoms with Gasteiger partial charge in [0.2, 0.25) is 5.91 Å². The van der Waals surface area contributed by atoms with Crippen molar-refractivity contribution in [2.24, 2.45) is 11.8 Å². The fourth-order valence-electron chi connectivity index (χ4n) is 5.37. The largest absolute Gasteiger partial charge is 0.481 e. The van der Waals surface area contributed by atoms with Gasteiger partial charge in [-0.05, 0) is 60.8 Å². The maximum atomic E-state index is 13.3. The highest BCUT2D eigenvalue weighted by Crippen LogP contribution is 2.44. The number of carbonyl (C=O) groups excluding carboxylic acids is 2. The molecule has 35 heavy (non-hydrogen) atoms. The quantitative estimate of drug-likeness (QED) is 0.521. The van der Waals surface area contributed by atoms with Crippen molar-refractivity contribution in [2.75, 3.05) is 6.61 Å². The number of rotatable bonds is 7. The number of amides is 2. The molecule has 1 saturated carbocycles. The molecule has 7 nitrogen and oxygen atoms in total. The van der Waals surface area contributed by atoms with Crippen molar-refractivity contribution >= 4 is 18.0 Å². The van der Waals surface area contributed by atoms with Crippen LogP contribution in [0, 0.1) is 11.8 Å². The van der Waals surface area contributed by atoms with E-state index in [0.717, 1.165) is 35.1 Å². The summed E-state index contributed by atoms with van der Waals surface area (Å²) >= 11 is 0. The molecule has 2 aromatic carbocycles. The number of carbonyl (C=O) groups is 3. The number of aliphatic carboxylic acids is 1. The van der Waals surface area contributed by atoms with Gasteiger partial charge < -0.3 is 20.5 Å². The van der Waals surface area contributed by atoms with Gasteiger partial charge in [-0.1, -0.05) is 60.7 Å². The first-order chi connectivity index (χ1) is 16.9. The normalized spacial score (nSPS) is 22.4. The lowest BCUT2D eigenvalue weighted by Crippen LogP contribution is -2.60. The molecule has 0 bridgehead atoms. The lowest BCUT2D eigenvalue weighted by molar-refractivity contribution is -0.142. The minimum absolute atomic E-state index is 0.0193. The summed E-state index contributed by atoms with van der Waals surface area (Å²) in [6, 6.07) is 15.9. The van der Waals surface area contributed by atoms with E-state index in [1.807, 2.05) is 30.3 Å². The van der Waals surface area contributed by atoms with Gasteiger partial charge in [-0.15, -0.1) is 0 Å². The molecule has 5 rings (SSSR count). The molecule has 182 valence electrons. The first-order valence-electron chi connectivity index (χ1n) is 12.2. The molecule has 2 amide bonds. The number of benzene rings is 2. The van der Waals surface area contributed by atoms with Crippen molar-refractivity contribution in [3.63, 3.8) is 0 Å². The van der Waals surface area contributed by atoms with Crippen LogP contribution in [-0.2, 0) is 14.3 Å². The lowest BCUT2D eigenvalue weighted by atomic mass is 9.89. The van der Waals surface area contributed by atoms with Gasteiger partial charge in [0.25, 0.3) is 0 Å². The van der Waals surface area contributed by atoms with Crippen LogP contribution in [0.5, 0.6) is 0 Å². The predicted octanol–water partition coefficient (Wildman–Crippen LogP) is 4.23. The Bertz CT molecular complexity index is 1140. The fourth-order valence-corrected chi connectivity index (χ4v) is 5.37. The zero-order valence-corrected chi connectivity index (χ0v) is 19.7. The Morgan fingerprint density at radius 3 is 2.26 bits per heavy atom. The van der Waals surface area contributed by atoms with Gasteiger partial charge >= 0.3 is 12.1 Å². The number of alkyl carbamates (subject to hydrolysis) is 1. The monoisotopic (exact) mass is 474 g/mol. The van der Waals surface area contributed by atoms with E-state index in [1.54, 1.807) is 13.0 Å². The van der Waals surface area contributed by atoms with Crippen molar-refractivity contribution in [1.29, 1.82) is 0 Å². The van der Waals surface area contributed by atoms with Crippen molar-refractivity contribution in [2.45, 2.75) is 50.1 Å². The first kappa shape index (κ1) is 23.1. The maximum Gasteiger partial charge on any atom is 0.408 e. The molecule has 0 radical (unpaired) electrons. The molecule has 3 aliphatic carbocycles. The van der Waals surface area contributed by atoms with Crippen LogP contribution in [0.4, 0.5) is 4.79 Å². The zero-order chi connectivity index (χ0) is 24.6. The SMILES string of the molecule is CC(NC(=O)OCC1c2ccccc2-c2ccccc21)(C(=O)N[C@@H]1C=CC[C@@H](C(=O)O)C1)C1CC1. The Hall–Kier alpha value is -3.61. The average Bonchev–Trinajstić information content (AvgIpc) is 3.67. The standard InChI is InChI=1S/C28H30N2O5/c1-28(18-13-14-18,26(33)29-19-8-6-7-17(15-19)25(31)32)30-27(34)35-16-24-22-11-4-2-9-20(22)21-10-3-5-12-23(21)24/h2-6,8-12,17-19,24H,7,13-16H2,1H3,(H,29,33)(H,30,34)(H,31,32)/t17-,19-,28?/m1/s1. The van der Waals surface area contributed by atoms with Gasteiger partial charge in [0.05, 0.1) is 5.92 Å². The second kappa shape index (κ2) is 9.21. The third-order valence-electron chi connectivity index (χ3n) is 7.56. The van der Waals surface area contributed by atoms with Crippen LogP contribution in [-0.4, -0.2) is 41.3 Å². The highest BCUT2D eigenvalue weighted by molar-refractivity contribution is 5.91. The molecule has 3 atom stereocenters. The highest BCUT2D eigenvalue weighted by Gasteiger charge is 2.49. The molecule has 3 N–H and O–H groups in total. The van der Waals surface area contributed by atoms with Gasteiger partial charge in [-0.25, -0.2) is 4.79 Å². The Labute approximate surface area is 204 Å². The summed E-state index contributed by atoms with van der Waals surface area (Å²) in [5.41, 5.74) is 3.44. The fraction of sp³-hybridized carbons (Fsp3) is 0.393. The average molecular weight is 475 g/mol. The first-order valence-corrected chi connectivity index (χ1v) is 12.2. The van der Waals surface area contributed by atoms with Crippen LogP contribution >= 0.6 is 0 Å². The van der Waals surface area contributed by atoms with Gasteiger partial charge in [0.1, 0.15) is 12.1 Å². The molecule has 3 aliphatic rings. The van der Waals surface area contributed by atoms with Crippen LogP contribution in [0.1, 0.15) is 49.7 Å². The summed E-state index contributed by atoms with van der Waals surface area (Å²) in [5, 5.41) is 15.1. The number of fused-ring (bicyclic) bond motifs is 3. The van der Waals surface area contributed by atoms with Crippen molar-refractivity contribution < 1.29 is 24.2 Å². The number of nitrogens with one attached hydrogen (secondary N) is 2. The third kappa shape index (κ3) is 4.55. The molecule has 7 heteroatoms. The summed E-state index contributed by atoms with van der Waals surface area (Å²) in [7, 11) is 0. The topological polar surface area (TPSA) is 105 Å². The van der Waals surface area contributed by atoms with Crippen LogP contribution < -0.4 is 10.6 Å². The smallest absolute Gasteiger partial charge is 0.408 e. The van der Waals surface area contributed by atoms with Crippen LogP contribution in [0.3, 0.4) is 0 Å². The molecule has 1 unspecified atom stereocenters. The van der Waals surface area contributed by atoms with Crippen molar-refractivity contribution in [3.8, 4) is 11.1 Å². The number of carboxylic acids is 1. The minimum atomic E-state index is -1.12. The molecule has 0 saturated heterocycles. The molecular formula is C28H30N2O5. The van der Waals surface area contributed by atoms with E-state index in [4.69, 9.17) is 4.74 Å². The summed E-state index contributed by atoms with van der Waals surface area (Å²) in [6.45, 7) is 1.90. The van der Waals surface area contributed by atoms with E-state index in [9.17, 15) is 19.5 Å². The lowest BCUT2D eigenvalue weighted by Gasteiger charge is -2.32. The zero-order valence-electron chi connectivity index (χ0n) is 19.7. The van der Waals surface area contributed by atoms with Crippen molar-refractivity contribution in [1.82, 2.24) is 10.6 Å². The Morgan fingerprint density at radius 2 is 1.66 bits per heavy atom. The second-order valence-corrected chi connectivity index (χ2v) is 9.94. The van der Waals surface area contributed by atoms with E-state index in [0.29, 0.717) is 12.8 Å². The summed E-state index contributed by atoms with van der Waals surface area (Å²) < 4.78 is 5.68. The maximum absolute atomic E-state index is 13.3. The number of allylic oxidation sites excluding steroid dienone is 1. The van der Waals surface area contributed by atoms with E-state index < -0.39 is 23.5 Å². The molecule has 0 aliphatic heterocycles. The molecule has 0 spiro atoms. The van der Waals surface area contributed by atoms with E-state index in [-0.39, 0.29) is 30.4 Å². The van der Waals surface area contributed by atoms with Crippen LogP contribution in [0.2, 0.25) is 0 Å². The van der Waals surface area contributed by atoms with E-state index >= 15 is 0 Å². The Kier molecular flexibility index (Phi) is 6.09. The third-order valence-corrected chi connectivity index (χ3v) is 7.56. The minimum Gasteiger partial charge on any atom is -0.481 e. The van der Waals surface area contributed by atoms with Gasteiger partial charge in [-0.2, -0.15) is 0 Å². The second-order valence-electron chi connectivity index (χ2n) is 9.94. The van der Waals surface area contributed by atoms with E-state index in [2.05, 4.69) is 34.9 Å². The summed E-state index contributed by atoms with van der Waals surface area (Å²) in [4.78, 5) is 37.5. The predicted molar refractivity (Wildman–Crippen MR) is 131 cm³/mol. The Balaban J connectivity index is 1.24. The van der Waals surface area contributed by atoms with Crippen LogP contribution in [0.15, 0.2) is 60.7 Å². The van der Waals surface area contributed by atoms with Crippen molar-refractivity contribution in [3.05, 3.63) is 71.8 Å². The Morgan fingerprint density at radius 1 is 1.03 bits per heavy atom. The molecular weight excluding hydrogens is 444 g/mol. The number of carboxylic acid groups (broad SMARTS) is 1. The van der Waals surface area contributed by atoms with Gasteiger partial charge in [0.15, 0.2) is 0 Å². The van der Waals surface area contributed by atoms with Crippen LogP contribution in [0.25, 0.3) is 11.1 Å². The van der Waals surface area contributed by atoms with E-state index in [1.165, 1.54) is 0 Å². The summed E-state index contributed by atoms with van der Waals surface area (Å²) in [5.74, 6) is -1.74.